The maximum atomic E-state index is 12.5. The van der Waals surface area contributed by atoms with Crippen LogP contribution < -0.4 is 0 Å². The monoisotopic (exact) mass is 216 g/mol. The van der Waals surface area contributed by atoms with Gasteiger partial charge in [0.25, 0.3) is 0 Å². The molecule has 1 heteroatoms. The average molecular weight is 216 g/mol. The second kappa shape index (κ2) is 2.69. The molecule has 86 valence electrons. The second-order valence-electron chi connectivity index (χ2n) is 6.33. The maximum Gasteiger partial charge on any atom is 0.143 e. The topological polar surface area (TPSA) is 17.1 Å². The van der Waals surface area contributed by atoms with Crippen LogP contribution in [0, 0.1) is 34.5 Å². The Kier molecular flexibility index (Phi) is 1.74. The van der Waals surface area contributed by atoms with Gasteiger partial charge in [-0.3, -0.25) is 4.79 Å². The van der Waals surface area contributed by atoms with Gasteiger partial charge in [-0.1, -0.05) is 26.0 Å². The summed E-state index contributed by atoms with van der Waals surface area (Å²) < 4.78 is 0. The number of fused-ring (bicyclic) bond motifs is 1. The maximum absolute atomic E-state index is 12.5. The summed E-state index contributed by atoms with van der Waals surface area (Å²) in [5.74, 6) is 2.59. The molecule has 3 unspecified atom stereocenters. The van der Waals surface area contributed by atoms with Gasteiger partial charge in [-0.25, -0.2) is 0 Å². The van der Waals surface area contributed by atoms with E-state index in [0.29, 0.717) is 34.9 Å². The lowest BCUT2D eigenvalue weighted by Gasteiger charge is -2.31. The average Bonchev–Trinajstić information content (AvgIpc) is 2.71. The van der Waals surface area contributed by atoms with Gasteiger partial charge < -0.3 is 0 Å². The molecule has 0 aromatic heterocycles. The van der Waals surface area contributed by atoms with Crippen molar-refractivity contribution >= 4 is 5.78 Å². The van der Waals surface area contributed by atoms with E-state index in [1.165, 1.54) is 0 Å². The highest BCUT2D eigenvalue weighted by Crippen LogP contribution is 2.82. The largest absolute Gasteiger partial charge is 0.299 e. The molecule has 0 saturated heterocycles. The van der Waals surface area contributed by atoms with Gasteiger partial charge in [0.2, 0.25) is 0 Å². The number of ketones is 1. The summed E-state index contributed by atoms with van der Waals surface area (Å²) in [6.45, 7) is 12.2. The molecular weight excluding hydrogens is 196 g/mol. The van der Waals surface area contributed by atoms with Crippen molar-refractivity contribution in [3.63, 3.8) is 0 Å². The van der Waals surface area contributed by atoms with Gasteiger partial charge in [0.1, 0.15) is 5.78 Å². The minimum atomic E-state index is -0.130. The summed E-state index contributed by atoms with van der Waals surface area (Å²) in [6.07, 6.45) is 6.01. The Labute approximate surface area is 97.6 Å². The van der Waals surface area contributed by atoms with Gasteiger partial charge in [0, 0.05) is 11.3 Å². The molecule has 0 heterocycles. The zero-order valence-corrected chi connectivity index (χ0v) is 10.2. The molecule has 0 bridgehead atoms. The molecule has 0 amide bonds. The Balaban J connectivity index is 2.03. The second-order valence-corrected chi connectivity index (χ2v) is 6.33. The summed E-state index contributed by atoms with van der Waals surface area (Å²) in [4.78, 5) is 12.5. The summed E-state index contributed by atoms with van der Waals surface area (Å²) >= 11 is 0. The summed E-state index contributed by atoms with van der Waals surface area (Å²) in [6, 6.07) is 0. The van der Waals surface area contributed by atoms with Crippen molar-refractivity contribution in [2.75, 3.05) is 0 Å². The predicted molar refractivity (Wildman–Crippen MR) is 64.8 cm³/mol. The third kappa shape index (κ3) is 0.804. The Morgan fingerprint density at radius 3 is 2.62 bits per heavy atom. The lowest BCUT2D eigenvalue weighted by Crippen LogP contribution is -2.32. The predicted octanol–water partition coefficient (Wildman–Crippen LogP) is 3.23. The van der Waals surface area contributed by atoms with E-state index < -0.39 is 0 Å². The number of hydrogen-bond acceptors (Lipinski definition) is 1. The van der Waals surface area contributed by atoms with E-state index >= 15 is 0 Å². The number of Topliss-reactive ketones (excluding diaryl/α,β-unsaturated/α-hetero) is 1. The first kappa shape index (κ1) is 10.3. The van der Waals surface area contributed by atoms with E-state index in [4.69, 9.17) is 0 Å². The van der Waals surface area contributed by atoms with Crippen molar-refractivity contribution in [3.05, 3.63) is 25.3 Å². The van der Waals surface area contributed by atoms with E-state index in [1.807, 2.05) is 6.08 Å². The molecule has 3 fully saturated rings. The number of allylic oxidation sites excluding steroid dienone is 2. The van der Waals surface area contributed by atoms with Crippen LogP contribution in [0.15, 0.2) is 25.3 Å². The summed E-state index contributed by atoms with van der Waals surface area (Å²) in [7, 11) is 0. The van der Waals surface area contributed by atoms with Crippen LogP contribution in [0.5, 0.6) is 0 Å². The fourth-order valence-electron chi connectivity index (χ4n) is 5.10. The van der Waals surface area contributed by atoms with Crippen LogP contribution in [0.1, 0.15) is 26.7 Å². The van der Waals surface area contributed by atoms with Gasteiger partial charge in [-0.15, -0.1) is 13.2 Å². The SMILES string of the molecule is C=CC[C@]1(C)C(=O)C2C3C(C=C)C[C@@H]1[C@@]23C. The first-order valence-corrected chi connectivity index (χ1v) is 6.29. The lowest BCUT2D eigenvalue weighted by atomic mass is 9.71. The smallest absolute Gasteiger partial charge is 0.143 e. The van der Waals surface area contributed by atoms with Crippen LogP contribution in [-0.4, -0.2) is 5.78 Å². The van der Waals surface area contributed by atoms with Crippen LogP contribution in [0.3, 0.4) is 0 Å². The number of carbonyl (C=O) groups is 1. The van der Waals surface area contributed by atoms with Gasteiger partial charge in [0.05, 0.1) is 0 Å². The van der Waals surface area contributed by atoms with Crippen LogP contribution in [0.2, 0.25) is 0 Å². The Bertz CT molecular complexity index is 396. The molecule has 6 atom stereocenters. The third-order valence-electron chi connectivity index (χ3n) is 5.84. The number of carbonyl (C=O) groups excluding carboxylic acids is 1. The van der Waals surface area contributed by atoms with Gasteiger partial charge in [-0.2, -0.15) is 0 Å². The number of hydrogen-bond donors (Lipinski definition) is 0. The van der Waals surface area contributed by atoms with Crippen LogP contribution in [0.25, 0.3) is 0 Å². The van der Waals surface area contributed by atoms with E-state index in [1.54, 1.807) is 0 Å². The zero-order chi connectivity index (χ0) is 11.7. The first-order valence-electron chi connectivity index (χ1n) is 6.29. The van der Waals surface area contributed by atoms with E-state index in [2.05, 4.69) is 33.1 Å². The van der Waals surface area contributed by atoms with Crippen molar-refractivity contribution in [2.45, 2.75) is 26.7 Å². The first-order chi connectivity index (χ1) is 7.51. The molecule has 3 aliphatic rings. The molecule has 16 heavy (non-hydrogen) atoms. The lowest BCUT2D eigenvalue weighted by molar-refractivity contribution is -0.128. The molecule has 0 spiro atoms. The van der Waals surface area contributed by atoms with Crippen molar-refractivity contribution in [1.82, 2.24) is 0 Å². The highest BCUT2D eigenvalue weighted by molar-refractivity contribution is 5.95. The van der Waals surface area contributed by atoms with Crippen molar-refractivity contribution in [3.8, 4) is 0 Å². The van der Waals surface area contributed by atoms with E-state index in [9.17, 15) is 4.79 Å². The molecule has 1 nitrogen and oxygen atoms in total. The zero-order valence-electron chi connectivity index (χ0n) is 10.2. The van der Waals surface area contributed by atoms with Crippen molar-refractivity contribution < 1.29 is 4.79 Å². The molecule has 0 aromatic rings. The normalized spacial score (nSPS) is 57.2. The molecule has 0 aliphatic heterocycles. The van der Waals surface area contributed by atoms with Crippen LogP contribution in [0.4, 0.5) is 0 Å². The standard InChI is InChI=1S/C15H20O/c1-5-7-14(3)10-8-9(6-2)11-12(13(14)16)15(10,11)4/h5-6,9-12H,1-2,7-8H2,3-4H3/t9?,10-,11?,12?,14-,15+/m0/s1. The fourth-order valence-corrected chi connectivity index (χ4v) is 5.10. The van der Waals surface area contributed by atoms with E-state index in [0.717, 1.165) is 12.8 Å². The molecule has 3 saturated carbocycles. The highest BCUT2D eigenvalue weighted by Gasteiger charge is 2.82. The molecule has 0 aromatic carbocycles. The van der Waals surface area contributed by atoms with E-state index in [-0.39, 0.29) is 5.41 Å². The minimum Gasteiger partial charge on any atom is -0.299 e. The van der Waals surface area contributed by atoms with Crippen LogP contribution >= 0.6 is 0 Å². The number of rotatable bonds is 3. The van der Waals surface area contributed by atoms with Gasteiger partial charge in [0.15, 0.2) is 0 Å². The minimum absolute atomic E-state index is 0.130. The van der Waals surface area contributed by atoms with Crippen molar-refractivity contribution in [1.29, 1.82) is 0 Å². The summed E-state index contributed by atoms with van der Waals surface area (Å²) in [5, 5.41) is 0. The third-order valence-corrected chi connectivity index (χ3v) is 5.84. The highest BCUT2D eigenvalue weighted by atomic mass is 16.1. The molecule has 3 rings (SSSR count). The quantitative estimate of drug-likeness (QED) is 0.662. The molecule has 3 aliphatic carbocycles. The Morgan fingerprint density at radius 1 is 1.44 bits per heavy atom. The Hall–Kier alpha value is -0.850. The summed E-state index contributed by atoms with van der Waals surface area (Å²) in [5.41, 5.74) is 0.170. The Morgan fingerprint density at radius 2 is 2.12 bits per heavy atom. The molecule has 0 radical (unpaired) electrons. The van der Waals surface area contributed by atoms with Crippen LogP contribution in [-0.2, 0) is 4.79 Å². The van der Waals surface area contributed by atoms with Gasteiger partial charge >= 0.3 is 0 Å². The van der Waals surface area contributed by atoms with Gasteiger partial charge in [-0.05, 0) is 36.0 Å². The van der Waals surface area contributed by atoms with Crippen molar-refractivity contribution in [2.24, 2.45) is 34.5 Å². The molecule has 0 N–H and O–H groups in total. The molecular formula is C15H20O. The fraction of sp³-hybridized carbons (Fsp3) is 0.667.